The molecule has 0 aliphatic carbocycles. The molecule has 0 spiro atoms. The second kappa shape index (κ2) is 11.4. The summed E-state index contributed by atoms with van der Waals surface area (Å²) in [4.78, 5) is 27.0. The van der Waals surface area contributed by atoms with E-state index in [1.54, 1.807) is 14.0 Å². The highest BCUT2D eigenvalue weighted by molar-refractivity contribution is 5.95. The van der Waals surface area contributed by atoms with Gasteiger partial charge in [0.15, 0.2) is 6.29 Å². The van der Waals surface area contributed by atoms with Crippen LogP contribution >= 0.6 is 0 Å². The number of carbonyl (C=O) groups is 2. The van der Waals surface area contributed by atoms with Crippen LogP contribution in [0.15, 0.2) is 54.6 Å². The number of imide groups is 1. The third-order valence-corrected chi connectivity index (χ3v) is 7.21. The minimum atomic E-state index is -1.02. The van der Waals surface area contributed by atoms with Gasteiger partial charge in [-0.1, -0.05) is 63.2 Å². The van der Waals surface area contributed by atoms with Crippen LogP contribution in [-0.4, -0.2) is 60.6 Å². The van der Waals surface area contributed by atoms with Crippen LogP contribution in [-0.2, 0) is 25.4 Å². The molecule has 2 aromatic carbocycles. The van der Waals surface area contributed by atoms with Gasteiger partial charge < -0.3 is 24.1 Å². The van der Waals surface area contributed by atoms with Gasteiger partial charge in [0, 0.05) is 17.4 Å². The van der Waals surface area contributed by atoms with Gasteiger partial charge in [-0.15, -0.1) is 0 Å². The van der Waals surface area contributed by atoms with Crippen molar-refractivity contribution in [3.8, 4) is 5.75 Å². The minimum Gasteiger partial charge on any atom is -0.497 e. The van der Waals surface area contributed by atoms with Crippen LogP contribution in [0.25, 0.3) is 0 Å². The first-order chi connectivity index (χ1) is 17.3. The van der Waals surface area contributed by atoms with E-state index in [4.69, 9.17) is 18.9 Å². The average molecular weight is 498 g/mol. The first kappa shape index (κ1) is 26.1. The maximum Gasteiger partial charge on any atom is 0.416 e. The third kappa shape index (κ3) is 5.56. The molecule has 36 heavy (non-hydrogen) atoms. The van der Waals surface area contributed by atoms with Gasteiger partial charge in [-0.3, -0.25) is 4.79 Å². The van der Waals surface area contributed by atoms with Crippen molar-refractivity contribution in [1.82, 2.24) is 4.90 Å². The van der Waals surface area contributed by atoms with E-state index in [-0.39, 0.29) is 24.5 Å². The quantitative estimate of drug-likeness (QED) is 0.590. The number of nitrogens with zero attached hydrogens (tertiary/aromatic N) is 1. The molecule has 0 radical (unpaired) electrons. The van der Waals surface area contributed by atoms with Gasteiger partial charge in [0.1, 0.15) is 12.4 Å². The zero-order valence-electron chi connectivity index (χ0n) is 21.2. The summed E-state index contributed by atoms with van der Waals surface area (Å²) in [6.45, 7) is 6.12. The Morgan fingerprint density at radius 2 is 1.81 bits per heavy atom. The van der Waals surface area contributed by atoms with Gasteiger partial charge in [-0.05, 0) is 24.1 Å². The van der Waals surface area contributed by atoms with E-state index in [0.717, 1.165) is 16.9 Å². The van der Waals surface area contributed by atoms with Crippen molar-refractivity contribution < 1.29 is 33.6 Å². The molecule has 0 aromatic heterocycles. The molecular weight excluding hydrogens is 462 g/mol. The van der Waals surface area contributed by atoms with E-state index in [9.17, 15) is 14.7 Å². The Kier molecular flexibility index (Phi) is 8.28. The van der Waals surface area contributed by atoms with Crippen molar-refractivity contribution in [2.24, 2.45) is 17.8 Å². The van der Waals surface area contributed by atoms with Crippen molar-refractivity contribution in [2.75, 3.05) is 20.3 Å². The maximum absolute atomic E-state index is 13.4. The molecule has 2 aliphatic rings. The molecule has 194 valence electrons. The van der Waals surface area contributed by atoms with Crippen LogP contribution in [0.1, 0.15) is 38.2 Å². The molecule has 7 atom stereocenters. The number of cyclic esters (lactones) is 1. The lowest BCUT2D eigenvalue weighted by Gasteiger charge is -2.41. The van der Waals surface area contributed by atoms with Crippen molar-refractivity contribution in [1.29, 1.82) is 0 Å². The summed E-state index contributed by atoms with van der Waals surface area (Å²) in [6.07, 6.45) is -2.11. The average Bonchev–Trinajstić information content (AvgIpc) is 3.27. The molecular formula is C28H35NO7. The molecule has 2 heterocycles. The number of ether oxygens (including phenoxy) is 4. The van der Waals surface area contributed by atoms with Crippen LogP contribution in [0.2, 0.25) is 0 Å². The molecule has 0 unspecified atom stereocenters. The first-order valence-electron chi connectivity index (χ1n) is 12.4. The Morgan fingerprint density at radius 3 is 2.47 bits per heavy atom. The summed E-state index contributed by atoms with van der Waals surface area (Å²) in [5.41, 5.74) is 1.86. The fraction of sp³-hybridized carbons (Fsp3) is 0.500. The van der Waals surface area contributed by atoms with E-state index in [2.05, 4.69) is 0 Å². The Bertz CT molecular complexity index is 1030. The third-order valence-electron chi connectivity index (χ3n) is 7.21. The smallest absolute Gasteiger partial charge is 0.416 e. The second-order valence-corrected chi connectivity index (χ2v) is 9.78. The number of rotatable bonds is 8. The van der Waals surface area contributed by atoms with Crippen LogP contribution in [0, 0.1) is 17.8 Å². The Morgan fingerprint density at radius 1 is 1.11 bits per heavy atom. The zero-order valence-corrected chi connectivity index (χ0v) is 21.2. The molecule has 0 bridgehead atoms. The first-order valence-corrected chi connectivity index (χ1v) is 12.4. The number of hydrogen-bond acceptors (Lipinski definition) is 7. The molecule has 2 saturated heterocycles. The van der Waals surface area contributed by atoms with Crippen LogP contribution in [0.5, 0.6) is 5.75 Å². The molecule has 2 aromatic rings. The predicted molar refractivity (Wildman–Crippen MR) is 132 cm³/mol. The molecule has 0 saturated carbocycles. The summed E-state index contributed by atoms with van der Waals surface area (Å²) in [5.74, 6) is -0.892. The minimum absolute atomic E-state index is 0.00836. The highest BCUT2D eigenvalue weighted by Gasteiger charge is 2.44. The van der Waals surface area contributed by atoms with Crippen LogP contribution in [0.3, 0.4) is 0 Å². The Labute approximate surface area is 212 Å². The standard InChI is InChI=1S/C28H35NO7/c1-17-15-34-27(21-10-12-23(33-4)13-11-21)36-25(17)18(2)24(30)19(3)26(31)29-22(16-35-28(29)32)14-20-8-6-5-7-9-20/h5-13,17-19,22,24-25,27,30H,14-16H2,1-4H3/t17-,18-,19-,22-,24-,25-,27-/m1/s1. The molecule has 2 fully saturated rings. The molecule has 2 aliphatic heterocycles. The molecule has 8 heteroatoms. The highest BCUT2D eigenvalue weighted by Crippen LogP contribution is 2.36. The summed E-state index contributed by atoms with van der Waals surface area (Å²) < 4.78 is 22.6. The van der Waals surface area contributed by atoms with E-state index in [1.807, 2.05) is 68.4 Å². The number of hydrogen-bond donors (Lipinski definition) is 1. The van der Waals surface area contributed by atoms with Crippen LogP contribution < -0.4 is 4.74 Å². The van der Waals surface area contributed by atoms with Gasteiger partial charge in [-0.25, -0.2) is 9.69 Å². The van der Waals surface area contributed by atoms with Crippen LogP contribution in [0.4, 0.5) is 4.79 Å². The van der Waals surface area contributed by atoms with Gasteiger partial charge >= 0.3 is 6.09 Å². The highest BCUT2D eigenvalue weighted by atomic mass is 16.7. The summed E-state index contributed by atoms with van der Waals surface area (Å²) in [7, 11) is 1.61. The summed E-state index contributed by atoms with van der Waals surface area (Å²) >= 11 is 0. The SMILES string of the molecule is COc1ccc([C@@H]2OC[C@@H](C)[C@H]([C@H](C)[C@@H](O)[C@@H](C)C(=O)N3C(=O)OC[C@H]3Cc3ccccc3)O2)cc1. The summed E-state index contributed by atoms with van der Waals surface area (Å²) in [6, 6.07) is 16.7. The Hall–Kier alpha value is -2.94. The van der Waals surface area contributed by atoms with Crippen molar-refractivity contribution >= 4 is 12.0 Å². The molecule has 2 amide bonds. The normalized spacial score (nSPS) is 26.7. The topological polar surface area (TPSA) is 94.5 Å². The number of aliphatic hydroxyl groups is 1. The molecule has 8 nitrogen and oxygen atoms in total. The number of amides is 2. The van der Waals surface area contributed by atoms with E-state index in [0.29, 0.717) is 13.0 Å². The monoisotopic (exact) mass is 497 g/mol. The van der Waals surface area contributed by atoms with Crippen molar-refractivity contribution in [2.45, 2.75) is 51.7 Å². The van der Waals surface area contributed by atoms with Gasteiger partial charge in [0.2, 0.25) is 5.91 Å². The largest absolute Gasteiger partial charge is 0.497 e. The fourth-order valence-corrected chi connectivity index (χ4v) is 5.01. The number of carbonyl (C=O) groups excluding carboxylic acids is 2. The summed E-state index contributed by atoms with van der Waals surface area (Å²) in [5, 5.41) is 11.2. The lowest BCUT2D eigenvalue weighted by Crippen LogP contribution is -2.50. The predicted octanol–water partition coefficient (Wildman–Crippen LogP) is 3.97. The Balaban J connectivity index is 1.43. The number of benzene rings is 2. The van der Waals surface area contributed by atoms with Gasteiger partial charge in [0.05, 0.1) is 37.9 Å². The van der Waals surface area contributed by atoms with E-state index in [1.165, 1.54) is 4.90 Å². The lowest BCUT2D eigenvalue weighted by atomic mass is 9.83. The second-order valence-electron chi connectivity index (χ2n) is 9.78. The van der Waals surface area contributed by atoms with Crippen molar-refractivity contribution in [3.63, 3.8) is 0 Å². The molecule has 1 N–H and O–H groups in total. The van der Waals surface area contributed by atoms with Crippen molar-refractivity contribution in [3.05, 3.63) is 65.7 Å². The fourth-order valence-electron chi connectivity index (χ4n) is 5.01. The molecule has 4 rings (SSSR count). The number of methoxy groups -OCH3 is 1. The van der Waals surface area contributed by atoms with E-state index >= 15 is 0 Å². The van der Waals surface area contributed by atoms with E-state index < -0.39 is 36.4 Å². The maximum atomic E-state index is 13.4. The zero-order chi connectivity index (χ0) is 25.8. The lowest BCUT2D eigenvalue weighted by molar-refractivity contribution is -0.257. The number of aliphatic hydroxyl groups excluding tert-OH is 1. The van der Waals surface area contributed by atoms with Gasteiger partial charge in [0.25, 0.3) is 0 Å². The van der Waals surface area contributed by atoms with Gasteiger partial charge in [-0.2, -0.15) is 0 Å².